The summed E-state index contributed by atoms with van der Waals surface area (Å²) in [5, 5.41) is 9.53. The second-order valence-electron chi connectivity index (χ2n) is 8.42. The van der Waals surface area contributed by atoms with Crippen LogP contribution in [0.3, 0.4) is 0 Å². The zero-order valence-electron chi connectivity index (χ0n) is 21.1. The van der Waals surface area contributed by atoms with Crippen molar-refractivity contribution in [1.82, 2.24) is 20.7 Å². The van der Waals surface area contributed by atoms with Crippen molar-refractivity contribution < 1.29 is 21.5 Å². The molecule has 1 saturated heterocycles. The Morgan fingerprint density at radius 1 is 1.08 bits per heavy atom. The van der Waals surface area contributed by atoms with Crippen LogP contribution in [0.25, 0.3) is 11.5 Å². The minimum Gasteiger partial charge on any atom is -0.741 e. The summed E-state index contributed by atoms with van der Waals surface area (Å²) in [5.41, 5.74) is 10.4. The van der Waals surface area contributed by atoms with Gasteiger partial charge in [0.2, 0.25) is 5.89 Å². The van der Waals surface area contributed by atoms with Crippen LogP contribution in [0.2, 0.25) is 0 Å². The molecule has 3 rings (SSSR count). The third-order valence-electron chi connectivity index (χ3n) is 5.87. The number of likely N-dealkylation sites (tertiary alicyclic amines) is 1. The Bertz CT molecular complexity index is 1140. The van der Waals surface area contributed by atoms with Gasteiger partial charge in [-0.2, -0.15) is 10.2 Å². The predicted molar refractivity (Wildman–Crippen MR) is 148 cm³/mol. The fourth-order valence-electron chi connectivity index (χ4n) is 3.92. The van der Waals surface area contributed by atoms with Crippen molar-refractivity contribution in [3.05, 3.63) is 41.3 Å². The number of aromatic nitrogens is 1. The monoisotopic (exact) mass is 575 g/mol. The van der Waals surface area contributed by atoms with Gasteiger partial charge in [0, 0.05) is 32.1 Å². The third kappa shape index (κ3) is 8.35. The maximum Gasteiger partial charge on any atom is 2.00 e. The molecule has 0 atom stereocenters. The van der Waals surface area contributed by atoms with Crippen LogP contribution in [0.15, 0.2) is 48.9 Å². The molecular weight excluding hydrogens is 544 g/mol. The second kappa shape index (κ2) is 14.4. The number of rotatable bonds is 7. The quantitative estimate of drug-likeness (QED) is 0.172. The normalized spacial score (nSPS) is 16.6. The summed E-state index contributed by atoms with van der Waals surface area (Å²) in [6.07, 6.45) is 1.85. The van der Waals surface area contributed by atoms with Crippen molar-refractivity contribution in [3.63, 3.8) is 0 Å². The number of amidine groups is 2. The van der Waals surface area contributed by atoms with Crippen molar-refractivity contribution >= 4 is 47.0 Å². The van der Waals surface area contributed by atoms with Gasteiger partial charge in [-0.1, -0.05) is 17.7 Å². The molecule has 197 valence electrons. The van der Waals surface area contributed by atoms with E-state index in [4.69, 9.17) is 34.7 Å². The number of hydrogen-bond donors (Lipinski definition) is 2. The number of nitrogens with one attached hydrogen (secondary N) is 2. The van der Waals surface area contributed by atoms with Gasteiger partial charge in [0.05, 0.1) is 17.1 Å². The van der Waals surface area contributed by atoms with Gasteiger partial charge < -0.3 is 29.7 Å². The number of aryl methyl sites for hydroxylation is 2. The molecule has 1 fully saturated rings. The van der Waals surface area contributed by atoms with E-state index in [1.54, 1.807) is 14.1 Å². The standard InChI is InChI=1S/C24H34N8OS2.Cu/c1-15-7-6-8-19(13-15)22-27-20(17(3)33-22)14-32-11-9-18(10-12-32)21(29-31-24(35)26-5)16(2)28-30-23(34)25-4;/h6-8,13,18H,9-12,14H2,1-5H3,(H2,25,30,34)(H2,26,31,35);/q;+2/p-2/b28-16+,29-21-;. The first kappa shape index (κ1) is 29.9. The summed E-state index contributed by atoms with van der Waals surface area (Å²) in [6.45, 7) is 8.50. The molecule has 0 amide bonds. The SMILES string of the molecule is CN=C([S-])N/N=C(C)/C(=N/NC([S-])=NC)C1CCN(Cc2nc(-c3cccc(C)c3)oc2C)CC1.[Cu+2]. The average molecular weight is 576 g/mol. The van der Waals surface area contributed by atoms with E-state index in [1.807, 2.05) is 26.0 Å². The minimum absolute atomic E-state index is 0. The number of oxazole rings is 1. The molecular formula is C24H32CuN8OS2. The molecule has 0 saturated carbocycles. The first-order valence-corrected chi connectivity index (χ1v) is 12.3. The second-order valence-corrected chi connectivity index (χ2v) is 9.19. The van der Waals surface area contributed by atoms with Crippen molar-refractivity contribution in [2.45, 2.75) is 40.2 Å². The number of aliphatic imine (C=N–C) groups is 2. The van der Waals surface area contributed by atoms with Crippen molar-refractivity contribution in [3.8, 4) is 11.5 Å². The molecule has 1 aromatic carbocycles. The topological polar surface area (TPSA) is 103 Å². The van der Waals surface area contributed by atoms with Crippen molar-refractivity contribution in [2.24, 2.45) is 26.1 Å². The number of hydrogen-bond acceptors (Lipinski definition) is 9. The van der Waals surface area contributed by atoms with Crippen LogP contribution in [0.4, 0.5) is 0 Å². The summed E-state index contributed by atoms with van der Waals surface area (Å²) in [4.78, 5) is 15.0. The molecule has 9 nitrogen and oxygen atoms in total. The Morgan fingerprint density at radius 2 is 1.72 bits per heavy atom. The number of nitrogens with zero attached hydrogens (tertiary/aromatic N) is 6. The number of benzene rings is 1. The van der Waals surface area contributed by atoms with E-state index in [2.05, 4.69) is 55.0 Å². The van der Waals surface area contributed by atoms with E-state index < -0.39 is 0 Å². The van der Waals surface area contributed by atoms with E-state index in [-0.39, 0.29) is 23.0 Å². The first-order valence-electron chi connectivity index (χ1n) is 11.5. The minimum atomic E-state index is 0. The van der Waals surface area contributed by atoms with Crippen LogP contribution in [-0.2, 0) is 48.9 Å². The summed E-state index contributed by atoms with van der Waals surface area (Å²) in [6, 6.07) is 8.21. The van der Waals surface area contributed by atoms with Gasteiger partial charge in [-0.15, -0.1) is 0 Å². The summed E-state index contributed by atoms with van der Waals surface area (Å²) >= 11 is 10.2. The molecule has 0 bridgehead atoms. The van der Waals surface area contributed by atoms with E-state index in [0.29, 0.717) is 16.2 Å². The Balaban J connectivity index is 0.00000456. The van der Waals surface area contributed by atoms with Crippen LogP contribution in [0.1, 0.15) is 36.8 Å². The van der Waals surface area contributed by atoms with Crippen LogP contribution in [0, 0.1) is 19.8 Å². The van der Waals surface area contributed by atoms with Crippen molar-refractivity contribution in [2.75, 3.05) is 27.2 Å². The number of hydrazone groups is 2. The molecule has 0 spiro atoms. The Labute approximate surface area is 234 Å². The van der Waals surface area contributed by atoms with Crippen LogP contribution < -0.4 is 10.9 Å². The predicted octanol–water partition coefficient (Wildman–Crippen LogP) is 3.14. The Kier molecular flexibility index (Phi) is 11.9. The molecule has 0 unspecified atom stereocenters. The zero-order valence-corrected chi connectivity index (χ0v) is 23.7. The van der Waals surface area contributed by atoms with E-state index in [1.165, 1.54) is 5.56 Å². The summed E-state index contributed by atoms with van der Waals surface area (Å²) < 4.78 is 5.98. The maximum absolute atomic E-state index is 5.98. The van der Waals surface area contributed by atoms with Gasteiger partial charge in [-0.25, -0.2) is 4.98 Å². The first-order chi connectivity index (χ1) is 16.8. The molecule has 2 aromatic rings. The zero-order chi connectivity index (χ0) is 25.4. The fraction of sp³-hybridized carbons (Fsp3) is 0.458. The average Bonchev–Trinajstić information content (AvgIpc) is 3.23. The van der Waals surface area contributed by atoms with Crippen LogP contribution in [-0.4, -0.2) is 58.8 Å². The van der Waals surface area contributed by atoms with Crippen molar-refractivity contribution in [1.29, 1.82) is 0 Å². The van der Waals surface area contributed by atoms with Crippen LogP contribution >= 0.6 is 0 Å². The Morgan fingerprint density at radius 3 is 2.33 bits per heavy atom. The molecule has 2 heterocycles. The maximum atomic E-state index is 5.98. The largest absolute Gasteiger partial charge is 2.00 e. The molecule has 36 heavy (non-hydrogen) atoms. The molecule has 0 aliphatic carbocycles. The van der Waals surface area contributed by atoms with Gasteiger partial charge in [0.1, 0.15) is 5.76 Å². The van der Waals surface area contributed by atoms with Crippen LogP contribution in [0.5, 0.6) is 0 Å². The van der Waals surface area contributed by atoms with Gasteiger partial charge >= 0.3 is 17.1 Å². The third-order valence-corrected chi connectivity index (χ3v) is 6.42. The van der Waals surface area contributed by atoms with E-state index in [9.17, 15) is 0 Å². The van der Waals surface area contributed by atoms with Gasteiger partial charge in [0.15, 0.2) is 0 Å². The molecule has 12 heteroatoms. The molecule has 1 aliphatic heterocycles. The molecule has 1 radical (unpaired) electrons. The number of piperidine rings is 1. The molecule has 1 aromatic heterocycles. The molecule has 1 aliphatic rings. The fourth-order valence-corrected chi connectivity index (χ4v) is 4.01. The van der Waals surface area contributed by atoms with Gasteiger partial charge in [-0.05, 0) is 69.2 Å². The Hall–Kier alpha value is -2.37. The van der Waals surface area contributed by atoms with Gasteiger partial charge in [0.25, 0.3) is 0 Å². The summed E-state index contributed by atoms with van der Waals surface area (Å²) in [5.74, 6) is 1.75. The smallest absolute Gasteiger partial charge is 0.741 e. The van der Waals surface area contributed by atoms with Gasteiger partial charge in [-0.3, -0.25) is 25.7 Å². The molecule has 2 N–H and O–H groups in total. The van der Waals surface area contributed by atoms with E-state index >= 15 is 0 Å². The van der Waals surface area contributed by atoms with E-state index in [0.717, 1.165) is 60.9 Å². The summed E-state index contributed by atoms with van der Waals surface area (Å²) in [7, 11) is 3.25.